The Kier molecular flexibility index (Phi) is 6.52. The van der Waals surface area contributed by atoms with Crippen molar-refractivity contribution in [3.8, 4) is 5.75 Å². The topological polar surface area (TPSA) is 93.5 Å². The van der Waals surface area contributed by atoms with Gasteiger partial charge in [-0.2, -0.15) is 4.98 Å². The Morgan fingerprint density at radius 3 is 3.04 bits per heavy atom. The van der Waals surface area contributed by atoms with Crippen LogP contribution in [0.3, 0.4) is 0 Å². The number of nitrogens with zero attached hydrogens (tertiary/aromatic N) is 2. The summed E-state index contributed by atoms with van der Waals surface area (Å²) in [4.78, 5) is 28.8. The highest BCUT2D eigenvalue weighted by Gasteiger charge is 2.22. The summed E-state index contributed by atoms with van der Waals surface area (Å²) < 4.78 is 6.81. The molecule has 144 valence electrons. The predicted octanol–water partition coefficient (Wildman–Crippen LogP) is 1.85. The zero-order valence-corrected chi connectivity index (χ0v) is 16.1. The SMILES string of the molecule is COc1cccc(NC(=O)CSc2nc(=O)n(CCCO)c3c2CCC3)c1. The highest BCUT2D eigenvalue weighted by Crippen LogP contribution is 2.29. The second-order valence-corrected chi connectivity index (χ2v) is 7.24. The van der Waals surface area contributed by atoms with Crippen LogP contribution in [0, 0.1) is 0 Å². The summed E-state index contributed by atoms with van der Waals surface area (Å²) in [5.74, 6) is 0.689. The number of fused-ring (bicyclic) bond motifs is 1. The van der Waals surface area contributed by atoms with Gasteiger partial charge >= 0.3 is 5.69 Å². The first-order chi connectivity index (χ1) is 13.1. The molecule has 1 aromatic heterocycles. The third-order valence-electron chi connectivity index (χ3n) is 4.43. The molecular weight excluding hydrogens is 366 g/mol. The van der Waals surface area contributed by atoms with Gasteiger partial charge in [-0.05, 0) is 37.8 Å². The van der Waals surface area contributed by atoms with Crippen molar-refractivity contribution >= 4 is 23.4 Å². The smallest absolute Gasteiger partial charge is 0.348 e. The van der Waals surface area contributed by atoms with Crippen LogP contribution in [0.4, 0.5) is 5.69 Å². The van der Waals surface area contributed by atoms with Gasteiger partial charge in [-0.15, -0.1) is 0 Å². The van der Waals surface area contributed by atoms with Crippen molar-refractivity contribution in [2.45, 2.75) is 37.3 Å². The quantitative estimate of drug-likeness (QED) is 0.529. The van der Waals surface area contributed by atoms with Gasteiger partial charge in [0.2, 0.25) is 5.91 Å². The number of amides is 1. The van der Waals surface area contributed by atoms with Crippen LogP contribution in [0.1, 0.15) is 24.1 Å². The molecule has 8 heteroatoms. The van der Waals surface area contributed by atoms with Crippen molar-refractivity contribution < 1.29 is 14.6 Å². The van der Waals surface area contributed by atoms with Gasteiger partial charge in [0.1, 0.15) is 10.8 Å². The Labute approximate surface area is 161 Å². The molecule has 7 nitrogen and oxygen atoms in total. The van der Waals surface area contributed by atoms with Crippen LogP contribution in [-0.4, -0.2) is 40.0 Å². The molecule has 1 aromatic carbocycles. The number of aromatic nitrogens is 2. The van der Waals surface area contributed by atoms with Crippen molar-refractivity contribution in [2.24, 2.45) is 0 Å². The van der Waals surface area contributed by atoms with Crippen LogP contribution in [0.25, 0.3) is 0 Å². The molecule has 0 radical (unpaired) electrons. The van der Waals surface area contributed by atoms with Gasteiger partial charge in [-0.3, -0.25) is 9.36 Å². The zero-order valence-electron chi connectivity index (χ0n) is 15.2. The van der Waals surface area contributed by atoms with E-state index in [0.29, 0.717) is 29.4 Å². The summed E-state index contributed by atoms with van der Waals surface area (Å²) in [6.07, 6.45) is 3.20. The first-order valence-corrected chi connectivity index (χ1v) is 9.91. The van der Waals surface area contributed by atoms with E-state index in [0.717, 1.165) is 30.5 Å². The van der Waals surface area contributed by atoms with Crippen molar-refractivity contribution in [1.82, 2.24) is 9.55 Å². The number of hydrogen-bond donors (Lipinski definition) is 2. The van der Waals surface area contributed by atoms with Crippen molar-refractivity contribution in [3.63, 3.8) is 0 Å². The average molecular weight is 389 g/mol. The van der Waals surface area contributed by atoms with E-state index in [9.17, 15) is 9.59 Å². The monoisotopic (exact) mass is 389 g/mol. The fourth-order valence-corrected chi connectivity index (χ4v) is 4.07. The van der Waals surface area contributed by atoms with Crippen LogP contribution in [0.5, 0.6) is 5.75 Å². The first kappa shape index (κ1) is 19.4. The number of rotatable bonds is 8. The predicted molar refractivity (Wildman–Crippen MR) is 105 cm³/mol. The molecule has 27 heavy (non-hydrogen) atoms. The van der Waals surface area contributed by atoms with Crippen LogP contribution < -0.4 is 15.7 Å². The fraction of sp³-hybridized carbons (Fsp3) is 0.421. The van der Waals surface area contributed by atoms with E-state index in [1.165, 1.54) is 11.8 Å². The summed E-state index contributed by atoms with van der Waals surface area (Å²) >= 11 is 1.29. The summed E-state index contributed by atoms with van der Waals surface area (Å²) in [6, 6.07) is 7.16. The normalized spacial score (nSPS) is 12.7. The zero-order chi connectivity index (χ0) is 19.2. The van der Waals surface area contributed by atoms with E-state index in [-0.39, 0.29) is 24.0 Å². The largest absolute Gasteiger partial charge is 0.497 e. The standard InChI is InChI=1S/C19H23N3O4S/c1-26-14-6-2-5-13(11-14)20-17(24)12-27-18-15-7-3-8-16(15)22(9-4-10-23)19(25)21-18/h2,5-6,11,23H,3-4,7-10,12H2,1H3,(H,20,24). The second-order valence-electron chi connectivity index (χ2n) is 6.28. The second kappa shape index (κ2) is 9.05. The third kappa shape index (κ3) is 4.70. The molecule has 1 aliphatic carbocycles. The molecule has 0 bridgehead atoms. The van der Waals surface area contributed by atoms with E-state index < -0.39 is 0 Å². The minimum atomic E-state index is -0.306. The Hall–Kier alpha value is -2.32. The molecule has 0 unspecified atom stereocenters. The molecule has 0 saturated heterocycles. The Morgan fingerprint density at radius 2 is 2.26 bits per heavy atom. The minimum Gasteiger partial charge on any atom is -0.497 e. The maximum absolute atomic E-state index is 12.4. The maximum Gasteiger partial charge on any atom is 0.348 e. The first-order valence-electron chi connectivity index (χ1n) is 8.92. The lowest BCUT2D eigenvalue weighted by Crippen LogP contribution is -2.28. The molecule has 1 heterocycles. The van der Waals surface area contributed by atoms with Crippen LogP contribution in [0.2, 0.25) is 0 Å². The average Bonchev–Trinajstić information content (AvgIpc) is 3.15. The fourth-order valence-electron chi connectivity index (χ4n) is 3.20. The lowest BCUT2D eigenvalue weighted by molar-refractivity contribution is -0.113. The van der Waals surface area contributed by atoms with Gasteiger partial charge in [0.05, 0.1) is 12.9 Å². The maximum atomic E-state index is 12.4. The molecule has 0 atom stereocenters. The Balaban J connectivity index is 1.69. The number of carbonyl (C=O) groups excluding carboxylic acids is 1. The number of thioether (sulfide) groups is 1. The number of carbonyl (C=O) groups is 1. The molecule has 1 amide bonds. The molecular formula is C19H23N3O4S. The van der Waals surface area contributed by atoms with E-state index in [1.54, 1.807) is 23.8 Å². The number of ether oxygens (including phenoxy) is 1. The van der Waals surface area contributed by atoms with Gasteiger partial charge in [0.15, 0.2) is 0 Å². The van der Waals surface area contributed by atoms with Gasteiger partial charge in [-0.25, -0.2) is 4.79 Å². The molecule has 1 aliphatic rings. The molecule has 0 fully saturated rings. The third-order valence-corrected chi connectivity index (χ3v) is 5.45. The molecule has 2 aromatic rings. The molecule has 3 rings (SSSR count). The van der Waals surface area contributed by atoms with Crippen LogP contribution in [0.15, 0.2) is 34.1 Å². The number of nitrogens with one attached hydrogen (secondary N) is 1. The van der Waals surface area contributed by atoms with Crippen molar-refractivity contribution in [1.29, 1.82) is 0 Å². The molecule has 2 N–H and O–H groups in total. The number of aliphatic hydroxyl groups excluding tert-OH is 1. The minimum absolute atomic E-state index is 0.0438. The number of methoxy groups -OCH3 is 1. The van der Waals surface area contributed by atoms with E-state index >= 15 is 0 Å². The molecule has 0 spiro atoms. The number of aliphatic hydroxyl groups is 1. The van der Waals surface area contributed by atoms with Crippen molar-refractivity contribution in [2.75, 3.05) is 24.8 Å². The highest BCUT2D eigenvalue weighted by atomic mass is 32.2. The molecule has 0 saturated carbocycles. The van der Waals surface area contributed by atoms with Gasteiger partial charge in [0, 0.05) is 36.2 Å². The van der Waals surface area contributed by atoms with E-state index in [4.69, 9.17) is 9.84 Å². The Bertz CT molecular complexity index is 882. The number of benzene rings is 1. The lowest BCUT2D eigenvalue weighted by Gasteiger charge is -2.13. The summed E-state index contributed by atoms with van der Waals surface area (Å²) in [6.45, 7) is 0.522. The molecule has 0 aliphatic heterocycles. The van der Waals surface area contributed by atoms with Gasteiger partial charge in [0.25, 0.3) is 0 Å². The number of hydrogen-bond acceptors (Lipinski definition) is 6. The summed E-state index contributed by atoms with van der Waals surface area (Å²) in [5.41, 5.74) is 2.42. The van der Waals surface area contributed by atoms with E-state index in [1.807, 2.05) is 12.1 Å². The van der Waals surface area contributed by atoms with Gasteiger partial charge in [-0.1, -0.05) is 17.8 Å². The summed E-state index contributed by atoms with van der Waals surface area (Å²) in [5, 5.41) is 12.5. The highest BCUT2D eigenvalue weighted by molar-refractivity contribution is 8.00. The lowest BCUT2D eigenvalue weighted by atomic mass is 10.2. The van der Waals surface area contributed by atoms with Gasteiger partial charge < -0.3 is 15.2 Å². The number of anilines is 1. The van der Waals surface area contributed by atoms with Crippen LogP contribution >= 0.6 is 11.8 Å². The van der Waals surface area contributed by atoms with Crippen LogP contribution in [-0.2, 0) is 24.2 Å². The van der Waals surface area contributed by atoms with E-state index in [2.05, 4.69) is 10.3 Å². The Morgan fingerprint density at radius 1 is 1.41 bits per heavy atom. The summed E-state index contributed by atoms with van der Waals surface area (Å²) in [7, 11) is 1.58. The van der Waals surface area contributed by atoms with Crippen molar-refractivity contribution in [3.05, 3.63) is 46.0 Å².